The Morgan fingerprint density at radius 3 is 2.86 bits per heavy atom. The lowest BCUT2D eigenvalue weighted by atomic mass is 9.94. The Bertz CT molecular complexity index is 721. The number of rotatable bonds is 9. The van der Waals surface area contributed by atoms with Gasteiger partial charge in [-0.3, -0.25) is 9.69 Å². The van der Waals surface area contributed by atoms with E-state index in [1.54, 1.807) is 11.3 Å². The summed E-state index contributed by atoms with van der Waals surface area (Å²) in [4.78, 5) is 20.3. The van der Waals surface area contributed by atoms with Crippen LogP contribution in [0, 0.1) is 11.8 Å². The predicted octanol–water partition coefficient (Wildman–Crippen LogP) is 3.99. The standard InChI is InChI=1S/C21H32N4O2S/c1-15(2)17(25-11-9-16(3)10-12-25)14-22-19(26)7-4-8-20-23-21(24-27-20)18-6-5-13-28-18/h5-6,13,15-17H,4,7-12,14H2,1-3H3,(H,22,26). The van der Waals surface area contributed by atoms with E-state index in [9.17, 15) is 4.79 Å². The Morgan fingerprint density at radius 2 is 2.18 bits per heavy atom. The van der Waals surface area contributed by atoms with Crippen molar-refractivity contribution in [3.8, 4) is 10.7 Å². The molecular weight excluding hydrogens is 372 g/mol. The summed E-state index contributed by atoms with van der Waals surface area (Å²) < 4.78 is 5.30. The Hall–Kier alpha value is -1.73. The van der Waals surface area contributed by atoms with Gasteiger partial charge in [0.2, 0.25) is 17.6 Å². The second kappa shape index (κ2) is 10.2. The number of piperidine rings is 1. The number of hydrogen-bond acceptors (Lipinski definition) is 6. The minimum atomic E-state index is 0.106. The maximum Gasteiger partial charge on any atom is 0.226 e. The fraction of sp³-hybridized carbons (Fsp3) is 0.667. The van der Waals surface area contributed by atoms with Crippen LogP contribution < -0.4 is 5.32 Å². The van der Waals surface area contributed by atoms with Crippen molar-refractivity contribution >= 4 is 17.2 Å². The molecule has 7 heteroatoms. The van der Waals surface area contributed by atoms with Gasteiger partial charge in [0.25, 0.3) is 0 Å². The van der Waals surface area contributed by atoms with Crippen molar-refractivity contribution in [3.05, 3.63) is 23.4 Å². The molecule has 0 aromatic carbocycles. The molecule has 1 atom stereocenters. The number of nitrogens with one attached hydrogen (secondary N) is 1. The van der Waals surface area contributed by atoms with E-state index in [-0.39, 0.29) is 5.91 Å². The van der Waals surface area contributed by atoms with Crippen molar-refractivity contribution in [3.63, 3.8) is 0 Å². The van der Waals surface area contributed by atoms with Crippen LogP contribution in [0.2, 0.25) is 0 Å². The second-order valence-electron chi connectivity index (χ2n) is 8.18. The van der Waals surface area contributed by atoms with Crippen LogP contribution in [-0.2, 0) is 11.2 Å². The number of amides is 1. The molecule has 0 spiro atoms. The molecule has 6 nitrogen and oxygen atoms in total. The fourth-order valence-corrected chi connectivity index (χ4v) is 4.37. The predicted molar refractivity (Wildman–Crippen MR) is 112 cm³/mol. The van der Waals surface area contributed by atoms with Crippen molar-refractivity contribution in [2.24, 2.45) is 11.8 Å². The van der Waals surface area contributed by atoms with Crippen LogP contribution in [0.15, 0.2) is 22.0 Å². The van der Waals surface area contributed by atoms with Gasteiger partial charge in [-0.25, -0.2) is 0 Å². The molecule has 1 aliphatic heterocycles. The number of hydrogen-bond donors (Lipinski definition) is 1. The van der Waals surface area contributed by atoms with E-state index >= 15 is 0 Å². The summed E-state index contributed by atoms with van der Waals surface area (Å²) >= 11 is 1.59. The quantitative estimate of drug-likeness (QED) is 0.684. The lowest BCUT2D eigenvalue weighted by Crippen LogP contribution is -2.49. The fourth-order valence-electron chi connectivity index (χ4n) is 3.72. The molecule has 3 rings (SSSR count). The lowest BCUT2D eigenvalue weighted by molar-refractivity contribution is -0.121. The molecule has 0 saturated carbocycles. The van der Waals surface area contributed by atoms with Crippen molar-refractivity contribution in [1.82, 2.24) is 20.4 Å². The third-order valence-electron chi connectivity index (χ3n) is 5.57. The minimum Gasteiger partial charge on any atom is -0.355 e. The highest BCUT2D eigenvalue weighted by Gasteiger charge is 2.25. The highest BCUT2D eigenvalue weighted by Crippen LogP contribution is 2.22. The van der Waals surface area contributed by atoms with Crippen molar-refractivity contribution < 1.29 is 9.32 Å². The average molecular weight is 405 g/mol. The van der Waals surface area contributed by atoms with Gasteiger partial charge < -0.3 is 9.84 Å². The van der Waals surface area contributed by atoms with Crippen LogP contribution in [0.25, 0.3) is 10.7 Å². The maximum absolute atomic E-state index is 12.3. The molecule has 2 aromatic rings. The number of aryl methyl sites for hydroxylation is 1. The molecule has 3 heterocycles. The monoisotopic (exact) mass is 404 g/mol. The van der Waals surface area contributed by atoms with Crippen LogP contribution in [0.5, 0.6) is 0 Å². The number of aromatic nitrogens is 2. The zero-order valence-corrected chi connectivity index (χ0v) is 18.0. The lowest BCUT2D eigenvalue weighted by Gasteiger charge is -2.38. The molecule has 0 aliphatic carbocycles. The van der Waals surface area contributed by atoms with Crippen molar-refractivity contribution in [1.29, 1.82) is 0 Å². The molecule has 1 aliphatic rings. The van der Waals surface area contributed by atoms with Crippen LogP contribution in [0.1, 0.15) is 52.3 Å². The molecule has 0 radical (unpaired) electrons. The van der Waals surface area contributed by atoms with E-state index in [4.69, 9.17) is 4.52 Å². The first-order valence-electron chi connectivity index (χ1n) is 10.4. The van der Waals surface area contributed by atoms with E-state index in [2.05, 4.69) is 41.1 Å². The topological polar surface area (TPSA) is 71.3 Å². The first-order valence-corrected chi connectivity index (χ1v) is 11.3. The molecule has 1 saturated heterocycles. The van der Waals surface area contributed by atoms with Gasteiger partial charge in [-0.1, -0.05) is 32.0 Å². The van der Waals surface area contributed by atoms with E-state index in [0.717, 1.165) is 30.4 Å². The zero-order valence-electron chi connectivity index (χ0n) is 17.2. The smallest absolute Gasteiger partial charge is 0.226 e. The molecule has 28 heavy (non-hydrogen) atoms. The molecular formula is C21H32N4O2S. The number of carbonyl (C=O) groups excluding carboxylic acids is 1. The third-order valence-corrected chi connectivity index (χ3v) is 6.44. The summed E-state index contributed by atoms with van der Waals surface area (Å²) in [6.07, 6.45) is 4.34. The maximum atomic E-state index is 12.3. The van der Waals surface area contributed by atoms with Crippen LogP contribution in [0.3, 0.4) is 0 Å². The summed E-state index contributed by atoms with van der Waals surface area (Å²) in [5.74, 6) is 2.68. The summed E-state index contributed by atoms with van der Waals surface area (Å²) in [6, 6.07) is 4.36. The van der Waals surface area contributed by atoms with Crippen LogP contribution in [-0.4, -0.2) is 46.6 Å². The first kappa shape index (κ1) is 21.0. The van der Waals surface area contributed by atoms with Crippen LogP contribution >= 0.6 is 11.3 Å². The number of carbonyl (C=O) groups is 1. The van der Waals surface area contributed by atoms with Gasteiger partial charge in [0.1, 0.15) is 0 Å². The Labute approximate surface area is 171 Å². The molecule has 1 unspecified atom stereocenters. The summed E-state index contributed by atoms with van der Waals surface area (Å²) in [5, 5.41) is 9.14. The van der Waals surface area contributed by atoms with Gasteiger partial charge in [-0.15, -0.1) is 11.3 Å². The van der Waals surface area contributed by atoms with E-state index in [1.165, 1.54) is 12.8 Å². The van der Waals surface area contributed by atoms with Gasteiger partial charge in [0, 0.05) is 25.4 Å². The number of nitrogens with zero attached hydrogens (tertiary/aromatic N) is 3. The highest BCUT2D eigenvalue weighted by molar-refractivity contribution is 7.13. The molecule has 1 fully saturated rings. The van der Waals surface area contributed by atoms with Gasteiger partial charge >= 0.3 is 0 Å². The number of thiophene rings is 1. The Balaban J connectivity index is 1.39. The minimum absolute atomic E-state index is 0.106. The van der Waals surface area contributed by atoms with Crippen molar-refractivity contribution in [2.45, 2.75) is 58.9 Å². The Kier molecular flexibility index (Phi) is 7.62. The first-order chi connectivity index (χ1) is 13.5. The molecule has 0 bridgehead atoms. The molecule has 1 amide bonds. The zero-order chi connectivity index (χ0) is 19.9. The van der Waals surface area contributed by atoms with E-state index in [1.807, 2.05) is 17.5 Å². The normalized spacial score (nSPS) is 17.1. The van der Waals surface area contributed by atoms with Gasteiger partial charge in [0.05, 0.1) is 4.88 Å². The van der Waals surface area contributed by atoms with E-state index in [0.29, 0.717) is 42.9 Å². The molecule has 1 N–H and O–H groups in total. The second-order valence-corrected chi connectivity index (χ2v) is 9.12. The molecule has 2 aromatic heterocycles. The Morgan fingerprint density at radius 1 is 1.39 bits per heavy atom. The highest BCUT2D eigenvalue weighted by atomic mass is 32.1. The number of likely N-dealkylation sites (tertiary alicyclic amines) is 1. The van der Waals surface area contributed by atoms with Crippen LogP contribution in [0.4, 0.5) is 0 Å². The largest absolute Gasteiger partial charge is 0.355 e. The summed E-state index contributed by atoms with van der Waals surface area (Å²) in [7, 11) is 0. The SMILES string of the molecule is CC1CCN(C(CNC(=O)CCCc2nc(-c3cccs3)no2)C(C)C)CC1. The summed E-state index contributed by atoms with van der Waals surface area (Å²) in [5.41, 5.74) is 0. The third kappa shape index (κ3) is 5.88. The van der Waals surface area contributed by atoms with Gasteiger partial charge in [-0.05, 0) is 55.6 Å². The molecule has 154 valence electrons. The van der Waals surface area contributed by atoms with Crippen molar-refractivity contribution in [2.75, 3.05) is 19.6 Å². The average Bonchev–Trinajstić information content (AvgIpc) is 3.34. The summed E-state index contributed by atoms with van der Waals surface area (Å²) in [6.45, 7) is 9.84. The van der Waals surface area contributed by atoms with E-state index < -0.39 is 0 Å². The van der Waals surface area contributed by atoms with Gasteiger partial charge in [-0.2, -0.15) is 4.98 Å². The van der Waals surface area contributed by atoms with Gasteiger partial charge in [0.15, 0.2) is 0 Å².